The lowest BCUT2D eigenvalue weighted by Crippen LogP contribution is -2.07. The van der Waals surface area contributed by atoms with Gasteiger partial charge in [0.05, 0.1) is 0 Å². The van der Waals surface area contributed by atoms with Gasteiger partial charge in [0.2, 0.25) is 0 Å². The summed E-state index contributed by atoms with van der Waals surface area (Å²) in [5.74, 6) is 0.660. The van der Waals surface area contributed by atoms with Crippen LogP contribution >= 0.6 is 0 Å². The molecule has 3 heterocycles. The van der Waals surface area contributed by atoms with Gasteiger partial charge in [-0.15, -0.1) is 0 Å². The lowest BCUT2D eigenvalue weighted by molar-refractivity contribution is 0.769. The van der Waals surface area contributed by atoms with Gasteiger partial charge in [-0.1, -0.05) is 0 Å². The monoisotopic (exact) mass is 187 g/mol. The summed E-state index contributed by atoms with van der Waals surface area (Å²) < 4.78 is 0. The van der Waals surface area contributed by atoms with Crippen LogP contribution in [-0.4, -0.2) is 23.1 Å². The molecule has 3 nitrogen and oxygen atoms in total. The summed E-state index contributed by atoms with van der Waals surface area (Å²) in [6, 6.07) is 4.15. The predicted octanol–water partition coefficient (Wildman–Crippen LogP) is 1.64. The summed E-state index contributed by atoms with van der Waals surface area (Å²) in [4.78, 5) is 7.52. The van der Waals surface area contributed by atoms with Crippen LogP contribution in [0.3, 0.4) is 0 Å². The van der Waals surface area contributed by atoms with Crippen molar-refractivity contribution in [2.24, 2.45) is 0 Å². The third kappa shape index (κ3) is 1.13. The number of nitrogens with zero attached hydrogens (tertiary/aromatic N) is 1. The van der Waals surface area contributed by atoms with Crippen LogP contribution in [0.5, 0.6) is 0 Å². The van der Waals surface area contributed by atoms with Crippen LogP contribution in [0.2, 0.25) is 0 Å². The van der Waals surface area contributed by atoms with Crippen LogP contribution in [0.1, 0.15) is 17.9 Å². The zero-order valence-electron chi connectivity index (χ0n) is 7.96. The Kier molecular flexibility index (Phi) is 1.77. The number of aromatic nitrogens is 2. The SMILES string of the molecule is c1cnc2[nH]cc([C@@H]3CCNC3)c2c1. The molecule has 14 heavy (non-hydrogen) atoms. The normalized spacial score (nSPS) is 21.9. The number of hydrogen-bond donors (Lipinski definition) is 2. The van der Waals surface area contributed by atoms with Gasteiger partial charge in [-0.2, -0.15) is 0 Å². The molecule has 0 aromatic carbocycles. The summed E-state index contributed by atoms with van der Waals surface area (Å²) in [5.41, 5.74) is 2.42. The first-order valence-corrected chi connectivity index (χ1v) is 5.08. The Bertz CT molecular complexity index is 440. The van der Waals surface area contributed by atoms with Crippen LogP contribution in [-0.2, 0) is 0 Å². The molecule has 2 aromatic rings. The van der Waals surface area contributed by atoms with Crippen molar-refractivity contribution < 1.29 is 0 Å². The van der Waals surface area contributed by atoms with Gasteiger partial charge in [0.1, 0.15) is 5.65 Å². The molecule has 1 saturated heterocycles. The Morgan fingerprint density at radius 1 is 1.43 bits per heavy atom. The molecule has 72 valence electrons. The van der Waals surface area contributed by atoms with Gasteiger partial charge in [0.25, 0.3) is 0 Å². The van der Waals surface area contributed by atoms with Crippen molar-refractivity contribution in [3.63, 3.8) is 0 Å². The van der Waals surface area contributed by atoms with E-state index in [2.05, 4.69) is 27.5 Å². The van der Waals surface area contributed by atoms with E-state index in [0.717, 1.165) is 18.7 Å². The van der Waals surface area contributed by atoms with E-state index in [0.29, 0.717) is 5.92 Å². The molecule has 1 fully saturated rings. The second kappa shape index (κ2) is 3.10. The molecular formula is C11H13N3. The van der Waals surface area contributed by atoms with Gasteiger partial charge in [0.15, 0.2) is 0 Å². The second-order valence-corrected chi connectivity index (χ2v) is 3.83. The molecule has 0 aliphatic carbocycles. The van der Waals surface area contributed by atoms with E-state index in [1.807, 2.05) is 12.3 Å². The molecule has 2 N–H and O–H groups in total. The number of H-pyrrole nitrogens is 1. The minimum Gasteiger partial charge on any atom is -0.346 e. The maximum atomic E-state index is 4.30. The quantitative estimate of drug-likeness (QED) is 0.712. The van der Waals surface area contributed by atoms with Crippen LogP contribution in [0.25, 0.3) is 11.0 Å². The molecule has 0 unspecified atom stereocenters. The summed E-state index contributed by atoms with van der Waals surface area (Å²) in [7, 11) is 0. The first-order valence-electron chi connectivity index (χ1n) is 5.08. The van der Waals surface area contributed by atoms with Crippen molar-refractivity contribution >= 4 is 11.0 Å². The predicted molar refractivity (Wildman–Crippen MR) is 56.3 cm³/mol. The molecule has 1 atom stereocenters. The molecule has 2 aromatic heterocycles. The Morgan fingerprint density at radius 3 is 3.29 bits per heavy atom. The number of rotatable bonds is 1. The highest BCUT2D eigenvalue weighted by molar-refractivity contribution is 5.80. The molecular weight excluding hydrogens is 174 g/mol. The number of hydrogen-bond acceptors (Lipinski definition) is 2. The zero-order chi connectivity index (χ0) is 9.38. The summed E-state index contributed by atoms with van der Waals surface area (Å²) in [6.07, 6.45) is 5.17. The van der Waals surface area contributed by atoms with Gasteiger partial charge in [-0.3, -0.25) is 0 Å². The minimum absolute atomic E-state index is 0.660. The molecule has 3 heteroatoms. The number of nitrogens with one attached hydrogen (secondary N) is 2. The van der Waals surface area contributed by atoms with Gasteiger partial charge in [0, 0.05) is 24.3 Å². The largest absolute Gasteiger partial charge is 0.346 e. The van der Waals surface area contributed by atoms with E-state index in [1.54, 1.807) is 0 Å². The molecule has 1 aliphatic heterocycles. The van der Waals surface area contributed by atoms with Gasteiger partial charge in [-0.25, -0.2) is 4.98 Å². The lowest BCUT2D eigenvalue weighted by atomic mass is 9.99. The standard InChI is InChI=1S/C11H13N3/c1-2-9-10(8-3-5-12-6-8)7-14-11(9)13-4-1/h1-2,4,7-8,12H,3,5-6H2,(H,13,14)/t8-/m1/s1. The van der Waals surface area contributed by atoms with Gasteiger partial charge in [-0.05, 0) is 36.6 Å². The fraction of sp³-hybridized carbons (Fsp3) is 0.364. The summed E-state index contributed by atoms with van der Waals surface area (Å²) in [5, 5.41) is 4.67. The fourth-order valence-electron chi connectivity index (χ4n) is 2.23. The fourth-order valence-corrected chi connectivity index (χ4v) is 2.23. The summed E-state index contributed by atoms with van der Waals surface area (Å²) >= 11 is 0. The van der Waals surface area contributed by atoms with E-state index >= 15 is 0 Å². The highest BCUT2D eigenvalue weighted by Gasteiger charge is 2.19. The van der Waals surface area contributed by atoms with Gasteiger partial charge < -0.3 is 10.3 Å². The van der Waals surface area contributed by atoms with Crippen molar-refractivity contribution in [3.05, 3.63) is 30.1 Å². The summed E-state index contributed by atoms with van der Waals surface area (Å²) in [6.45, 7) is 2.24. The third-order valence-electron chi connectivity index (χ3n) is 2.98. The molecule has 0 amide bonds. The average Bonchev–Trinajstić information content (AvgIpc) is 2.85. The van der Waals surface area contributed by atoms with Crippen molar-refractivity contribution in [2.75, 3.05) is 13.1 Å². The van der Waals surface area contributed by atoms with Crippen LogP contribution in [0.15, 0.2) is 24.5 Å². The molecule has 0 spiro atoms. The highest BCUT2D eigenvalue weighted by Crippen LogP contribution is 2.28. The molecule has 0 bridgehead atoms. The maximum Gasteiger partial charge on any atom is 0.137 e. The van der Waals surface area contributed by atoms with E-state index in [4.69, 9.17) is 0 Å². The first-order chi connectivity index (χ1) is 6.95. The van der Waals surface area contributed by atoms with Crippen molar-refractivity contribution in [1.82, 2.24) is 15.3 Å². The van der Waals surface area contributed by atoms with Crippen LogP contribution < -0.4 is 5.32 Å². The number of aromatic amines is 1. The first kappa shape index (κ1) is 8.00. The van der Waals surface area contributed by atoms with E-state index in [-0.39, 0.29) is 0 Å². The van der Waals surface area contributed by atoms with E-state index in [9.17, 15) is 0 Å². The topological polar surface area (TPSA) is 40.7 Å². The molecule has 3 rings (SSSR count). The smallest absolute Gasteiger partial charge is 0.137 e. The number of pyridine rings is 1. The Labute approximate surface area is 82.5 Å². The maximum absolute atomic E-state index is 4.30. The second-order valence-electron chi connectivity index (χ2n) is 3.83. The van der Waals surface area contributed by atoms with Crippen molar-refractivity contribution in [3.8, 4) is 0 Å². The average molecular weight is 187 g/mol. The molecule has 1 aliphatic rings. The van der Waals surface area contributed by atoms with Crippen LogP contribution in [0, 0.1) is 0 Å². The Balaban J connectivity index is 2.11. The van der Waals surface area contributed by atoms with E-state index in [1.165, 1.54) is 17.4 Å². The van der Waals surface area contributed by atoms with Crippen molar-refractivity contribution in [1.29, 1.82) is 0 Å². The Hall–Kier alpha value is -1.35. The minimum atomic E-state index is 0.660. The van der Waals surface area contributed by atoms with Crippen LogP contribution in [0.4, 0.5) is 0 Å². The van der Waals surface area contributed by atoms with E-state index < -0.39 is 0 Å². The van der Waals surface area contributed by atoms with Gasteiger partial charge >= 0.3 is 0 Å². The van der Waals surface area contributed by atoms with Crippen molar-refractivity contribution in [2.45, 2.75) is 12.3 Å². The Morgan fingerprint density at radius 2 is 2.43 bits per heavy atom. The molecule has 0 saturated carbocycles. The molecule has 0 radical (unpaired) electrons. The zero-order valence-corrected chi connectivity index (χ0v) is 7.96. The lowest BCUT2D eigenvalue weighted by Gasteiger charge is -2.05. The number of fused-ring (bicyclic) bond motifs is 1. The highest BCUT2D eigenvalue weighted by atomic mass is 14.9. The third-order valence-corrected chi connectivity index (χ3v) is 2.98.